The average molecular weight is 288 g/mol. The van der Waals surface area contributed by atoms with Gasteiger partial charge in [0.25, 0.3) is 0 Å². The fourth-order valence-corrected chi connectivity index (χ4v) is 2.39. The first-order valence-electron chi connectivity index (χ1n) is 7.44. The summed E-state index contributed by atoms with van der Waals surface area (Å²) in [5.41, 5.74) is 1.15. The van der Waals surface area contributed by atoms with Gasteiger partial charge in [0.1, 0.15) is 5.75 Å². The van der Waals surface area contributed by atoms with Crippen LogP contribution in [0.1, 0.15) is 24.8 Å². The van der Waals surface area contributed by atoms with Crippen molar-refractivity contribution in [2.45, 2.75) is 38.1 Å². The SMILES string of the molecule is C=CC[C@H](C[C@H]1CC=CCO1)OCc1ccc(OC)cc1. The van der Waals surface area contributed by atoms with Crippen molar-refractivity contribution in [3.8, 4) is 5.75 Å². The second-order valence-electron chi connectivity index (χ2n) is 5.20. The molecule has 0 amide bonds. The highest BCUT2D eigenvalue weighted by molar-refractivity contribution is 5.26. The standard InChI is InChI=1S/C18H24O3/c1-3-6-17(13-18-7-4-5-12-20-18)21-14-15-8-10-16(19-2)11-9-15/h3-5,8-11,17-18H,1,6-7,12-14H2,2H3/t17-,18-/m1/s1. The summed E-state index contributed by atoms with van der Waals surface area (Å²) in [4.78, 5) is 0. The van der Waals surface area contributed by atoms with E-state index in [4.69, 9.17) is 14.2 Å². The monoisotopic (exact) mass is 288 g/mol. The zero-order chi connectivity index (χ0) is 14.9. The molecule has 1 aliphatic rings. The lowest BCUT2D eigenvalue weighted by molar-refractivity contribution is -0.0174. The van der Waals surface area contributed by atoms with Gasteiger partial charge >= 0.3 is 0 Å². The summed E-state index contributed by atoms with van der Waals surface area (Å²) in [6.45, 7) is 5.13. The highest BCUT2D eigenvalue weighted by Crippen LogP contribution is 2.19. The molecule has 1 aliphatic heterocycles. The lowest BCUT2D eigenvalue weighted by Crippen LogP contribution is -2.24. The van der Waals surface area contributed by atoms with Gasteiger partial charge in [0, 0.05) is 6.42 Å². The molecule has 114 valence electrons. The van der Waals surface area contributed by atoms with Gasteiger partial charge in [0.15, 0.2) is 0 Å². The van der Waals surface area contributed by atoms with E-state index in [-0.39, 0.29) is 12.2 Å². The first kappa shape index (κ1) is 15.8. The summed E-state index contributed by atoms with van der Waals surface area (Å²) in [5, 5.41) is 0. The minimum absolute atomic E-state index is 0.154. The summed E-state index contributed by atoms with van der Waals surface area (Å²) < 4.78 is 16.9. The van der Waals surface area contributed by atoms with Gasteiger partial charge in [-0.05, 0) is 30.5 Å². The molecule has 0 N–H and O–H groups in total. The van der Waals surface area contributed by atoms with Crippen LogP contribution in [0.25, 0.3) is 0 Å². The van der Waals surface area contributed by atoms with Gasteiger partial charge in [-0.1, -0.05) is 30.4 Å². The van der Waals surface area contributed by atoms with Crippen molar-refractivity contribution in [3.63, 3.8) is 0 Å². The van der Waals surface area contributed by atoms with Crippen molar-refractivity contribution in [3.05, 3.63) is 54.6 Å². The molecule has 21 heavy (non-hydrogen) atoms. The first-order valence-corrected chi connectivity index (χ1v) is 7.44. The molecule has 2 rings (SSSR count). The van der Waals surface area contributed by atoms with Crippen LogP contribution < -0.4 is 4.74 Å². The number of rotatable bonds is 8. The van der Waals surface area contributed by atoms with Crippen molar-refractivity contribution in [2.75, 3.05) is 13.7 Å². The predicted molar refractivity (Wildman–Crippen MR) is 84.5 cm³/mol. The van der Waals surface area contributed by atoms with Crippen LogP contribution in [-0.4, -0.2) is 25.9 Å². The Labute approximate surface area is 127 Å². The Morgan fingerprint density at radius 2 is 2.14 bits per heavy atom. The molecule has 1 heterocycles. The molecular formula is C18H24O3. The molecule has 0 aromatic heterocycles. The molecule has 0 radical (unpaired) electrons. The van der Waals surface area contributed by atoms with Crippen molar-refractivity contribution in [1.82, 2.24) is 0 Å². The number of hydrogen-bond donors (Lipinski definition) is 0. The topological polar surface area (TPSA) is 27.7 Å². The summed E-state index contributed by atoms with van der Waals surface area (Å²) in [7, 11) is 1.67. The Bertz CT molecular complexity index is 450. The van der Waals surface area contributed by atoms with Gasteiger partial charge in [0.05, 0.1) is 32.5 Å². The van der Waals surface area contributed by atoms with Crippen LogP contribution in [0.5, 0.6) is 5.75 Å². The summed E-state index contributed by atoms with van der Waals surface area (Å²) in [6, 6.07) is 7.97. The maximum Gasteiger partial charge on any atom is 0.118 e. The van der Waals surface area contributed by atoms with E-state index in [2.05, 4.69) is 18.7 Å². The zero-order valence-electron chi connectivity index (χ0n) is 12.7. The van der Waals surface area contributed by atoms with E-state index < -0.39 is 0 Å². The van der Waals surface area contributed by atoms with Crippen LogP contribution in [-0.2, 0) is 16.1 Å². The second kappa shape index (κ2) is 8.65. The molecule has 3 nitrogen and oxygen atoms in total. The molecule has 3 heteroatoms. The highest BCUT2D eigenvalue weighted by Gasteiger charge is 2.17. The van der Waals surface area contributed by atoms with Gasteiger partial charge in [0.2, 0.25) is 0 Å². The Balaban J connectivity index is 1.83. The van der Waals surface area contributed by atoms with E-state index in [1.807, 2.05) is 30.3 Å². The smallest absolute Gasteiger partial charge is 0.118 e. The van der Waals surface area contributed by atoms with Crippen LogP contribution in [0, 0.1) is 0 Å². The number of methoxy groups -OCH3 is 1. The molecule has 2 atom stereocenters. The summed E-state index contributed by atoms with van der Waals surface area (Å²) in [6.07, 6.45) is 9.31. The van der Waals surface area contributed by atoms with E-state index in [9.17, 15) is 0 Å². The molecule has 0 aliphatic carbocycles. The fourth-order valence-electron chi connectivity index (χ4n) is 2.39. The number of hydrogen-bond acceptors (Lipinski definition) is 3. The Kier molecular flexibility index (Phi) is 6.51. The molecule has 1 aromatic rings. The normalized spacial score (nSPS) is 19.2. The molecular weight excluding hydrogens is 264 g/mol. The average Bonchev–Trinajstić information content (AvgIpc) is 2.54. The van der Waals surface area contributed by atoms with Crippen LogP contribution in [0.15, 0.2) is 49.1 Å². The van der Waals surface area contributed by atoms with Crippen molar-refractivity contribution >= 4 is 0 Å². The van der Waals surface area contributed by atoms with Crippen LogP contribution in [0.3, 0.4) is 0 Å². The third kappa shape index (κ3) is 5.37. The summed E-state index contributed by atoms with van der Waals surface area (Å²) >= 11 is 0. The summed E-state index contributed by atoms with van der Waals surface area (Å²) in [5.74, 6) is 0.865. The third-order valence-corrected chi connectivity index (χ3v) is 3.59. The van der Waals surface area contributed by atoms with Crippen molar-refractivity contribution in [2.24, 2.45) is 0 Å². The number of ether oxygens (including phenoxy) is 3. The number of benzene rings is 1. The molecule has 0 unspecified atom stereocenters. The Morgan fingerprint density at radius 3 is 2.76 bits per heavy atom. The second-order valence-corrected chi connectivity index (χ2v) is 5.20. The third-order valence-electron chi connectivity index (χ3n) is 3.59. The van der Waals surface area contributed by atoms with Crippen LogP contribution >= 0.6 is 0 Å². The lowest BCUT2D eigenvalue weighted by Gasteiger charge is -2.24. The fraction of sp³-hybridized carbons (Fsp3) is 0.444. The maximum atomic E-state index is 6.03. The van der Waals surface area contributed by atoms with Gasteiger partial charge in [-0.2, -0.15) is 0 Å². The lowest BCUT2D eigenvalue weighted by atomic mass is 10.0. The van der Waals surface area contributed by atoms with Gasteiger partial charge in [-0.25, -0.2) is 0 Å². The first-order chi connectivity index (χ1) is 10.3. The highest BCUT2D eigenvalue weighted by atomic mass is 16.5. The molecule has 0 bridgehead atoms. The van der Waals surface area contributed by atoms with E-state index in [1.165, 1.54) is 0 Å². The van der Waals surface area contributed by atoms with Gasteiger partial charge in [-0.15, -0.1) is 6.58 Å². The van der Waals surface area contributed by atoms with Crippen molar-refractivity contribution < 1.29 is 14.2 Å². The minimum atomic E-state index is 0.154. The van der Waals surface area contributed by atoms with E-state index in [0.29, 0.717) is 13.2 Å². The molecule has 0 spiro atoms. The van der Waals surface area contributed by atoms with Crippen molar-refractivity contribution in [1.29, 1.82) is 0 Å². The zero-order valence-corrected chi connectivity index (χ0v) is 12.7. The molecule has 0 fully saturated rings. The maximum absolute atomic E-state index is 6.03. The quantitative estimate of drug-likeness (QED) is 0.679. The van der Waals surface area contributed by atoms with Crippen LogP contribution in [0.2, 0.25) is 0 Å². The molecule has 0 saturated carbocycles. The van der Waals surface area contributed by atoms with Gasteiger partial charge < -0.3 is 14.2 Å². The van der Waals surface area contributed by atoms with Crippen LogP contribution in [0.4, 0.5) is 0 Å². The van der Waals surface area contributed by atoms with Gasteiger partial charge in [-0.3, -0.25) is 0 Å². The molecule has 1 aromatic carbocycles. The Morgan fingerprint density at radius 1 is 1.33 bits per heavy atom. The van der Waals surface area contributed by atoms with E-state index in [1.54, 1.807) is 7.11 Å². The van der Waals surface area contributed by atoms with E-state index >= 15 is 0 Å². The van der Waals surface area contributed by atoms with E-state index in [0.717, 1.165) is 30.6 Å². The largest absolute Gasteiger partial charge is 0.497 e. The Hall–Kier alpha value is -1.58. The minimum Gasteiger partial charge on any atom is -0.497 e. The predicted octanol–water partition coefficient (Wildman–Crippen LogP) is 3.89. The molecule has 0 saturated heterocycles.